The SMILES string of the molecule is Cc1nn2cc(CNC(=O)c3cn(CCC4CCCCC4)nn3)nc2s1. The first-order valence-electron chi connectivity index (χ1n) is 9.17. The third-order valence-corrected chi connectivity index (χ3v) is 5.72. The Morgan fingerprint density at radius 1 is 1.31 bits per heavy atom. The number of carbonyl (C=O) groups excluding carboxylic acids is 1. The van der Waals surface area contributed by atoms with Gasteiger partial charge >= 0.3 is 0 Å². The fraction of sp³-hybridized carbons (Fsp3) is 0.588. The van der Waals surface area contributed by atoms with Crippen LogP contribution in [0.3, 0.4) is 0 Å². The van der Waals surface area contributed by atoms with Crippen LogP contribution in [0.4, 0.5) is 0 Å². The van der Waals surface area contributed by atoms with Crippen molar-refractivity contribution in [2.75, 3.05) is 0 Å². The van der Waals surface area contributed by atoms with E-state index < -0.39 is 0 Å². The van der Waals surface area contributed by atoms with Crippen molar-refractivity contribution in [2.24, 2.45) is 5.92 Å². The Morgan fingerprint density at radius 3 is 2.96 bits per heavy atom. The van der Waals surface area contributed by atoms with Crippen LogP contribution >= 0.6 is 11.3 Å². The van der Waals surface area contributed by atoms with Gasteiger partial charge in [0.05, 0.1) is 24.6 Å². The molecule has 0 radical (unpaired) electrons. The number of imidazole rings is 1. The molecule has 1 amide bonds. The standard InChI is InChI=1S/C17H23N7OS/c1-12-21-24-10-14(19-17(24)26-12)9-18-16(25)15-11-23(22-20-15)8-7-13-5-3-2-4-6-13/h10-11,13H,2-9H2,1H3,(H,18,25). The highest BCUT2D eigenvalue weighted by molar-refractivity contribution is 7.16. The van der Waals surface area contributed by atoms with Gasteiger partial charge in [-0.05, 0) is 19.3 Å². The summed E-state index contributed by atoms with van der Waals surface area (Å²) in [6, 6.07) is 0. The summed E-state index contributed by atoms with van der Waals surface area (Å²) in [5.74, 6) is 0.562. The first kappa shape index (κ1) is 17.1. The van der Waals surface area contributed by atoms with Gasteiger partial charge in [-0.2, -0.15) is 5.10 Å². The molecular formula is C17H23N7OS. The van der Waals surface area contributed by atoms with Gasteiger partial charge in [0.2, 0.25) is 4.96 Å². The van der Waals surface area contributed by atoms with Crippen LogP contribution in [0.25, 0.3) is 4.96 Å². The Hall–Kier alpha value is -2.29. The second-order valence-corrected chi connectivity index (χ2v) is 8.08. The molecule has 1 aliphatic rings. The summed E-state index contributed by atoms with van der Waals surface area (Å²) in [6.45, 7) is 3.12. The van der Waals surface area contributed by atoms with Crippen molar-refractivity contribution in [3.05, 3.63) is 28.8 Å². The van der Waals surface area contributed by atoms with Crippen LogP contribution in [0.1, 0.15) is 59.7 Å². The van der Waals surface area contributed by atoms with Crippen molar-refractivity contribution in [1.82, 2.24) is 34.9 Å². The molecule has 3 aromatic heterocycles. The first-order chi connectivity index (χ1) is 12.7. The minimum Gasteiger partial charge on any atom is -0.345 e. The Balaban J connectivity index is 1.28. The van der Waals surface area contributed by atoms with E-state index in [0.29, 0.717) is 12.2 Å². The average Bonchev–Trinajstić information content (AvgIpc) is 3.33. The van der Waals surface area contributed by atoms with Crippen molar-refractivity contribution < 1.29 is 4.79 Å². The van der Waals surface area contributed by atoms with Crippen LogP contribution in [0.15, 0.2) is 12.4 Å². The number of carbonyl (C=O) groups is 1. The lowest BCUT2D eigenvalue weighted by atomic mass is 9.87. The number of amides is 1. The van der Waals surface area contributed by atoms with Gasteiger partial charge in [0.25, 0.3) is 5.91 Å². The van der Waals surface area contributed by atoms with Gasteiger partial charge in [-0.1, -0.05) is 48.7 Å². The predicted molar refractivity (Wildman–Crippen MR) is 98.0 cm³/mol. The van der Waals surface area contributed by atoms with E-state index in [1.165, 1.54) is 43.4 Å². The van der Waals surface area contributed by atoms with E-state index in [1.54, 1.807) is 15.4 Å². The molecule has 0 unspecified atom stereocenters. The summed E-state index contributed by atoms with van der Waals surface area (Å²) in [5.41, 5.74) is 1.13. The van der Waals surface area contributed by atoms with Crippen molar-refractivity contribution in [3.63, 3.8) is 0 Å². The maximum atomic E-state index is 12.3. The Morgan fingerprint density at radius 2 is 2.15 bits per heavy atom. The lowest BCUT2D eigenvalue weighted by molar-refractivity contribution is 0.0945. The van der Waals surface area contributed by atoms with E-state index >= 15 is 0 Å². The summed E-state index contributed by atoms with van der Waals surface area (Å²) in [5, 5.41) is 16.2. The quantitative estimate of drug-likeness (QED) is 0.717. The van der Waals surface area contributed by atoms with Gasteiger partial charge in [-0.15, -0.1) is 5.10 Å². The normalized spacial score (nSPS) is 15.6. The van der Waals surface area contributed by atoms with E-state index in [2.05, 4.69) is 25.7 Å². The van der Waals surface area contributed by atoms with Crippen molar-refractivity contribution in [3.8, 4) is 0 Å². The van der Waals surface area contributed by atoms with Gasteiger partial charge in [-0.25, -0.2) is 9.50 Å². The summed E-state index contributed by atoms with van der Waals surface area (Å²) in [7, 11) is 0. The van der Waals surface area contributed by atoms with Crippen LogP contribution in [-0.4, -0.2) is 35.5 Å². The predicted octanol–water partition coefficient (Wildman–Crippen LogP) is 2.59. The molecule has 1 N–H and O–H groups in total. The minimum atomic E-state index is -0.227. The van der Waals surface area contributed by atoms with Gasteiger partial charge in [-0.3, -0.25) is 9.48 Å². The third-order valence-electron chi connectivity index (χ3n) is 4.89. The second-order valence-electron chi connectivity index (χ2n) is 6.92. The smallest absolute Gasteiger partial charge is 0.273 e. The van der Waals surface area contributed by atoms with Gasteiger partial charge in [0, 0.05) is 6.54 Å². The molecule has 1 saturated carbocycles. The molecule has 9 heteroatoms. The summed E-state index contributed by atoms with van der Waals surface area (Å²) in [6.07, 6.45) is 11.4. The monoisotopic (exact) mass is 373 g/mol. The Labute approximate surface area is 155 Å². The lowest BCUT2D eigenvalue weighted by Crippen LogP contribution is -2.23. The summed E-state index contributed by atoms with van der Waals surface area (Å²) in [4.78, 5) is 17.6. The molecule has 0 aromatic carbocycles. The molecule has 0 spiro atoms. The Bertz CT molecular complexity index is 859. The molecule has 1 aliphatic carbocycles. The fourth-order valence-corrected chi connectivity index (χ4v) is 4.24. The number of fused-ring (bicyclic) bond motifs is 1. The van der Waals surface area contributed by atoms with Gasteiger partial charge < -0.3 is 5.32 Å². The zero-order chi connectivity index (χ0) is 17.9. The van der Waals surface area contributed by atoms with E-state index in [1.807, 2.05) is 13.1 Å². The number of hydrogen-bond acceptors (Lipinski definition) is 6. The molecular weight excluding hydrogens is 350 g/mol. The van der Waals surface area contributed by atoms with E-state index in [4.69, 9.17) is 0 Å². The van der Waals surface area contributed by atoms with Crippen LogP contribution in [-0.2, 0) is 13.1 Å². The summed E-state index contributed by atoms with van der Waals surface area (Å²) < 4.78 is 3.52. The maximum absolute atomic E-state index is 12.3. The molecule has 3 heterocycles. The van der Waals surface area contributed by atoms with Crippen molar-refractivity contribution in [1.29, 1.82) is 0 Å². The van der Waals surface area contributed by atoms with E-state index in [-0.39, 0.29) is 5.91 Å². The van der Waals surface area contributed by atoms with Crippen LogP contribution in [0, 0.1) is 12.8 Å². The highest BCUT2D eigenvalue weighted by Crippen LogP contribution is 2.26. The first-order valence-corrected chi connectivity index (χ1v) is 9.99. The third kappa shape index (κ3) is 3.92. The van der Waals surface area contributed by atoms with Crippen molar-refractivity contribution in [2.45, 2.75) is 58.5 Å². The number of aromatic nitrogens is 6. The second kappa shape index (κ2) is 7.53. The van der Waals surface area contributed by atoms with Gasteiger partial charge in [0.1, 0.15) is 5.01 Å². The molecule has 1 fully saturated rings. The lowest BCUT2D eigenvalue weighted by Gasteiger charge is -2.20. The van der Waals surface area contributed by atoms with Crippen molar-refractivity contribution >= 4 is 22.2 Å². The fourth-order valence-electron chi connectivity index (χ4n) is 3.49. The van der Waals surface area contributed by atoms with Crippen LogP contribution < -0.4 is 5.32 Å². The zero-order valence-electron chi connectivity index (χ0n) is 14.9. The number of nitrogens with zero attached hydrogens (tertiary/aromatic N) is 6. The molecule has 8 nitrogen and oxygen atoms in total. The molecule has 0 aliphatic heterocycles. The highest BCUT2D eigenvalue weighted by Gasteiger charge is 2.15. The number of nitrogens with one attached hydrogen (secondary N) is 1. The number of aryl methyl sites for hydroxylation is 2. The highest BCUT2D eigenvalue weighted by atomic mass is 32.1. The zero-order valence-corrected chi connectivity index (χ0v) is 15.7. The van der Waals surface area contributed by atoms with E-state index in [9.17, 15) is 4.79 Å². The molecule has 0 bridgehead atoms. The van der Waals surface area contributed by atoms with E-state index in [0.717, 1.165) is 34.5 Å². The molecule has 26 heavy (non-hydrogen) atoms. The molecule has 3 aromatic rings. The molecule has 0 atom stereocenters. The molecule has 138 valence electrons. The summed E-state index contributed by atoms with van der Waals surface area (Å²) >= 11 is 1.53. The Kier molecular flexibility index (Phi) is 4.96. The van der Waals surface area contributed by atoms with Crippen LogP contribution in [0.5, 0.6) is 0 Å². The molecule has 4 rings (SSSR count). The largest absolute Gasteiger partial charge is 0.345 e. The molecule has 0 saturated heterocycles. The average molecular weight is 373 g/mol. The maximum Gasteiger partial charge on any atom is 0.273 e. The number of rotatable bonds is 6. The van der Waals surface area contributed by atoms with Crippen LogP contribution in [0.2, 0.25) is 0 Å². The van der Waals surface area contributed by atoms with Gasteiger partial charge in [0.15, 0.2) is 5.69 Å². The number of hydrogen-bond donors (Lipinski definition) is 1. The minimum absolute atomic E-state index is 0.227. The topological polar surface area (TPSA) is 90.0 Å².